The lowest BCUT2D eigenvalue weighted by atomic mass is 10.1. The molecule has 1 aromatic heterocycles. The first-order valence-corrected chi connectivity index (χ1v) is 5.68. The average Bonchev–Trinajstić information content (AvgIpc) is 2.82. The maximum absolute atomic E-state index is 11.8. The highest BCUT2D eigenvalue weighted by atomic mass is 16.4. The summed E-state index contributed by atoms with van der Waals surface area (Å²) in [6, 6.07) is 4.56. The number of hydrogen-bond donors (Lipinski definition) is 2. The van der Waals surface area contributed by atoms with E-state index < -0.39 is 5.97 Å². The van der Waals surface area contributed by atoms with E-state index in [1.54, 1.807) is 12.1 Å². The Bertz CT molecular complexity index is 439. The minimum atomic E-state index is -1.10. The molecule has 0 bridgehead atoms. The molecule has 2 rings (SSSR count). The molecule has 1 saturated carbocycles. The summed E-state index contributed by atoms with van der Waals surface area (Å²) in [5, 5.41) is 11.4. The van der Waals surface area contributed by atoms with Crippen LogP contribution in [0.15, 0.2) is 18.2 Å². The highest BCUT2D eigenvalue weighted by Gasteiger charge is 2.22. The van der Waals surface area contributed by atoms with Gasteiger partial charge in [0.1, 0.15) is 5.82 Å². The summed E-state index contributed by atoms with van der Waals surface area (Å²) in [7, 11) is 0. The zero-order valence-electron chi connectivity index (χ0n) is 9.35. The fraction of sp³-hybridized carbons (Fsp3) is 0.417. The van der Waals surface area contributed by atoms with Crippen molar-refractivity contribution in [2.45, 2.75) is 25.7 Å². The van der Waals surface area contributed by atoms with Crippen LogP contribution in [0.3, 0.4) is 0 Å². The number of nitrogens with zero attached hydrogens (tertiary/aromatic N) is 1. The summed E-state index contributed by atoms with van der Waals surface area (Å²) in [5.74, 6) is -0.799. The van der Waals surface area contributed by atoms with Crippen molar-refractivity contribution in [3.63, 3.8) is 0 Å². The number of rotatable bonds is 3. The van der Waals surface area contributed by atoms with Crippen LogP contribution in [0.4, 0.5) is 5.82 Å². The quantitative estimate of drug-likeness (QED) is 0.837. The summed E-state index contributed by atoms with van der Waals surface area (Å²) >= 11 is 0. The lowest BCUT2D eigenvalue weighted by molar-refractivity contribution is -0.119. The fourth-order valence-electron chi connectivity index (χ4n) is 2.04. The van der Waals surface area contributed by atoms with Gasteiger partial charge in [-0.3, -0.25) is 4.79 Å². The molecular formula is C12H14N2O3. The van der Waals surface area contributed by atoms with Crippen LogP contribution < -0.4 is 5.32 Å². The number of carboxylic acids is 1. The van der Waals surface area contributed by atoms with Crippen molar-refractivity contribution >= 4 is 17.7 Å². The number of pyridine rings is 1. The van der Waals surface area contributed by atoms with Crippen molar-refractivity contribution in [2.24, 2.45) is 5.92 Å². The standard InChI is InChI=1S/C12H14N2O3/c15-11(8-4-1-2-5-8)14-10-7-3-6-9(13-10)12(16)17/h3,6-8H,1-2,4-5H2,(H,16,17)(H,13,14,15). The average molecular weight is 234 g/mol. The molecule has 1 fully saturated rings. The molecule has 1 aliphatic carbocycles. The second-order valence-electron chi connectivity index (χ2n) is 4.18. The van der Waals surface area contributed by atoms with Gasteiger partial charge in [0, 0.05) is 5.92 Å². The predicted molar refractivity (Wildman–Crippen MR) is 61.8 cm³/mol. The molecule has 0 radical (unpaired) electrons. The third-order valence-corrected chi connectivity index (χ3v) is 2.95. The van der Waals surface area contributed by atoms with Crippen molar-refractivity contribution in [2.75, 3.05) is 5.32 Å². The number of aromatic nitrogens is 1. The molecule has 0 unspecified atom stereocenters. The highest BCUT2D eigenvalue weighted by Crippen LogP contribution is 2.25. The highest BCUT2D eigenvalue weighted by molar-refractivity contribution is 5.92. The third-order valence-electron chi connectivity index (χ3n) is 2.95. The fourth-order valence-corrected chi connectivity index (χ4v) is 2.04. The van der Waals surface area contributed by atoms with E-state index in [0.717, 1.165) is 25.7 Å². The molecule has 90 valence electrons. The van der Waals surface area contributed by atoms with Crippen LogP contribution >= 0.6 is 0 Å². The molecule has 0 aliphatic heterocycles. The predicted octanol–water partition coefficient (Wildman–Crippen LogP) is 1.91. The van der Waals surface area contributed by atoms with Gasteiger partial charge in [0.25, 0.3) is 0 Å². The van der Waals surface area contributed by atoms with Crippen LogP contribution in [-0.2, 0) is 4.79 Å². The van der Waals surface area contributed by atoms with E-state index in [1.165, 1.54) is 6.07 Å². The Hall–Kier alpha value is -1.91. The molecule has 2 N–H and O–H groups in total. The first-order valence-electron chi connectivity index (χ1n) is 5.68. The Morgan fingerprint density at radius 1 is 1.29 bits per heavy atom. The topological polar surface area (TPSA) is 79.3 Å². The van der Waals surface area contributed by atoms with Crippen LogP contribution in [0.2, 0.25) is 0 Å². The number of hydrogen-bond acceptors (Lipinski definition) is 3. The van der Waals surface area contributed by atoms with E-state index in [2.05, 4.69) is 10.3 Å². The molecule has 0 atom stereocenters. The van der Waals surface area contributed by atoms with Gasteiger partial charge < -0.3 is 10.4 Å². The zero-order valence-corrected chi connectivity index (χ0v) is 9.35. The normalized spacial score (nSPS) is 15.8. The van der Waals surface area contributed by atoms with Crippen molar-refractivity contribution in [1.82, 2.24) is 4.98 Å². The molecule has 17 heavy (non-hydrogen) atoms. The van der Waals surface area contributed by atoms with Crippen molar-refractivity contribution in [1.29, 1.82) is 0 Å². The van der Waals surface area contributed by atoms with Gasteiger partial charge in [0.15, 0.2) is 5.69 Å². The van der Waals surface area contributed by atoms with Gasteiger partial charge in [0.05, 0.1) is 0 Å². The third kappa shape index (κ3) is 2.81. The first kappa shape index (κ1) is 11.6. The molecule has 1 aliphatic rings. The SMILES string of the molecule is O=C(O)c1cccc(NC(=O)C2CCCC2)n1. The Morgan fingerprint density at radius 3 is 2.65 bits per heavy atom. The number of carbonyl (C=O) groups excluding carboxylic acids is 1. The zero-order chi connectivity index (χ0) is 12.3. The van der Waals surface area contributed by atoms with Gasteiger partial charge in [-0.2, -0.15) is 0 Å². The number of carboxylic acid groups (broad SMARTS) is 1. The Morgan fingerprint density at radius 2 is 2.00 bits per heavy atom. The summed E-state index contributed by atoms with van der Waals surface area (Å²) in [6.07, 6.45) is 3.98. The minimum absolute atomic E-state index is 0.0466. The second-order valence-corrected chi connectivity index (χ2v) is 4.18. The van der Waals surface area contributed by atoms with Crippen molar-refractivity contribution < 1.29 is 14.7 Å². The Labute approximate surface area is 98.9 Å². The largest absolute Gasteiger partial charge is 0.477 e. The van der Waals surface area contributed by atoms with Gasteiger partial charge in [-0.25, -0.2) is 9.78 Å². The van der Waals surface area contributed by atoms with Crippen LogP contribution in [-0.4, -0.2) is 22.0 Å². The van der Waals surface area contributed by atoms with E-state index >= 15 is 0 Å². The van der Waals surface area contributed by atoms with Crippen molar-refractivity contribution in [3.8, 4) is 0 Å². The molecule has 5 heteroatoms. The molecule has 1 aromatic rings. The van der Waals surface area contributed by atoms with E-state index in [4.69, 9.17) is 5.11 Å². The van der Waals surface area contributed by atoms with Gasteiger partial charge >= 0.3 is 5.97 Å². The number of carbonyl (C=O) groups is 2. The Kier molecular flexibility index (Phi) is 3.37. The minimum Gasteiger partial charge on any atom is -0.477 e. The maximum atomic E-state index is 11.8. The van der Waals surface area contributed by atoms with Gasteiger partial charge in [0.2, 0.25) is 5.91 Å². The number of nitrogens with one attached hydrogen (secondary N) is 1. The summed E-state index contributed by atoms with van der Waals surface area (Å²) in [5.41, 5.74) is -0.0609. The van der Waals surface area contributed by atoms with Gasteiger partial charge in [-0.15, -0.1) is 0 Å². The van der Waals surface area contributed by atoms with E-state index in [1.807, 2.05) is 0 Å². The van der Waals surface area contributed by atoms with Crippen LogP contribution in [0.5, 0.6) is 0 Å². The molecule has 0 saturated heterocycles. The summed E-state index contributed by atoms with van der Waals surface area (Å²) < 4.78 is 0. The van der Waals surface area contributed by atoms with E-state index in [-0.39, 0.29) is 17.5 Å². The van der Waals surface area contributed by atoms with E-state index in [0.29, 0.717) is 5.82 Å². The van der Waals surface area contributed by atoms with Gasteiger partial charge in [-0.05, 0) is 25.0 Å². The van der Waals surface area contributed by atoms with Crippen LogP contribution in [0.25, 0.3) is 0 Å². The van der Waals surface area contributed by atoms with Crippen LogP contribution in [0, 0.1) is 5.92 Å². The maximum Gasteiger partial charge on any atom is 0.354 e. The summed E-state index contributed by atoms with van der Waals surface area (Å²) in [6.45, 7) is 0. The van der Waals surface area contributed by atoms with Gasteiger partial charge in [-0.1, -0.05) is 18.9 Å². The lowest BCUT2D eigenvalue weighted by Gasteiger charge is -2.09. The number of aromatic carboxylic acids is 1. The van der Waals surface area contributed by atoms with Crippen LogP contribution in [0.1, 0.15) is 36.2 Å². The first-order chi connectivity index (χ1) is 8.16. The number of anilines is 1. The molecule has 0 aromatic carbocycles. The molecule has 0 spiro atoms. The number of amides is 1. The smallest absolute Gasteiger partial charge is 0.354 e. The molecule has 1 heterocycles. The molecular weight excluding hydrogens is 220 g/mol. The van der Waals surface area contributed by atoms with Crippen molar-refractivity contribution in [3.05, 3.63) is 23.9 Å². The Balaban J connectivity index is 2.05. The molecule has 5 nitrogen and oxygen atoms in total. The monoisotopic (exact) mass is 234 g/mol. The lowest BCUT2D eigenvalue weighted by Crippen LogP contribution is -2.21. The van der Waals surface area contributed by atoms with E-state index in [9.17, 15) is 9.59 Å². The second kappa shape index (κ2) is 4.95. The molecule has 1 amide bonds. The summed E-state index contributed by atoms with van der Waals surface area (Å²) in [4.78, 5) is 26.4.